The zero-order valence-electron chi connectivity index (χ0n) is 6.26. The lowest BCUT2D eigenvalue weighted by Gasteiger charge is -1.88. The molecule has 0 saturated carbocycles. The summed E-state index contributed by atoms with van der Waals surface area (Å²) in [4.78, 5) is 1.42. The Morgan fingerprint density at radius 1 is 0.800 bits per heavy atom. The van der Waals surface area contributed by atoms with E-state index in [1.54, 1.807) is 0 Å². The number of halogens is 2. The second kappa shape index (κ2) is 47.3. The maximum atomic E-state index is 2.12. The van der Waals surface area contributed by atoms with E-state index in [1.165, 1.54) is 4.90 Å². The van der Waals surface area contributed by atoms with Gasteiger partial charge in [-0.3, -0.25) is 0 Å². The molecular weight excluding hydrogens is 352 g/mol. The van der Waals surface area contributed by atoms with Gasteiger partial charge in [0.05, 0.1) is 21.1 Å². The molecule has 0 aliphatic carbocycles. The molecule has 0 amide bonds. The van der Waals surface area contributed by atoms with Gasteiger partial charge in [-0.05, 0) is 0 Å². The quantitative estimate of drug-likeness (QED) is 0.621. The molecule has 1 N–H and O–H groups in total. The maximum Gasteiger partial charge on any atom is 0.0661 e. The molecule has 0 saturated heterocycles. The Balaban J connectivity index is -0.0000000125. The van der Waals surface area contributed by atoms with Gasteiger partial charge in [0.2, 0.25) is 0 Å². The van der Waals surface area contributed by atoms with Crippen LogP contribution in [0.1, 0.15) is 28.7 Å². The van der Waals surface area contributed by atoms with Crippen molar-refractivity contribution in [1.82, 2.24) is 0 Å². The van der Waals surface area contributed by atoms with Crippen molar-refractivity contribution in [1.29, 1.82) is 0 Å². The first-order chi connectivity index (χ1) is 3.73. The van der Waals surface area contributed by atoms with Gasteiger partial charge in [0, 0.05) is 37.2 Å². The van der Waals surface area contributed by atoms with E-state index in [2.05, 4.69) is 58.4 Å². The van der Waals surface area contributed by atoms with Gasteiger partial charge in [-0.15, -0.1) is 0 Å². The van der Waals surface area contributed by atoms with Crippen LogP contribution >= 0.6 is 37.2 Å². The summed E-state index contributed by atoms with van der Waals surface area (Å²) >= 11 is 4.24. The van der Waals surface area contributed by atoms with E-state index in [-0.39, 0.29) is 14.9 Å². The Labute approximate surface area is 91.3 Å². The highest BCUT2D eigenvalue weighted by molar-refractivity contribution is 15.0. The smallest absolute Gasteiger partial charge is 0.0661 e. The van der Waals surface area contributed by atoms with E-state index < -0.39 is 0 Å². The largest absolute Gasteiger partial charge is 0.342 e. The highest BCUT2D eigenvalue weighted by Crippen LogP contribution is 1.89. The summed E-state index contributed by atoms with van der Waals surface area (Å²) in [5, 5.41) is 0. The first kappa shape index (κ1) is 30.1. The number of rotatable bonds is 0. The monoisotopic (exact) mass is 376 g/mol. The van der Waals surface area contributed by atoms with Gasteiger partial charge in [-0.2, -0.15) is 0 Å². The first-order valence-corrected chi connectivity index (χ1v) is 8.93. The maximum absolute atomic E-state index is 2.12. The molecule has 0 aromatic carbocycles. The third kappa shape index (κ3) is 331. The average Bonchev–Trinajstić information content (AvgIpc) is 1.75. The summed E-state index contributed by atoms with van der Waals surface area (Å²) in [6.45, 7) is 4.00. The number of hydrogen-bond acceptors (Lipinski definition) is 0. The van der Waals surface area contributed by atoms with Gasteiger partial charge in [0.15, 0.2) is 0 Å². The van der Waals surface area contributed by atoms with Gasteiger partial charge in [-0.25, -0.2) is 0 Å². The van der Waals surface area contributed by atoms with Crippen LogP contribution in [0.4, 0.5) is 0 Å². The molecule has 10 heavy (non-hydrogen) atoms. The van der Waals surface area contributed by atoms with Crippen LogP contribution in [0.5, 0.6) is 0 Å². The number of nitrogens with one attached hydrogen (secondary N) is 1. The Hall–Kier alpha value is 1.42. The normalized spacial score (nSPS) is 4.80. The molecule has 0 aliphatic rings. The Morgan fingerprint density at radius 2 is 0.800 bits per heavy atom. The van der Waals surface area contributed by atoms with Crippen LogP contribution in [0.2, 0.25) is 0 Å². The van der Waals surface area contributed by atoms with Crippen LogP contribution in [-0.2, 0) is 0 Å². The minimum Gasteiger partial charge on any atom is -0.342 e. The van der Waals surface area contributed by atoms with Crippen molar-refractivity contribution in [2.75, 3.05) is 21.1 Å². The lowest BCUT2D eigenvalue weighted by atomic mass is 11.0. The van der Waals surface area contributed by atoms with Gasteiger partial charge in [0.25, 0.3) is 0 Å². The van der Waals surface area contributed by atoms with Crippen molar-refractivity contribution < 1.29 is 4.90 Å². The topological polar surface area (TPSA) is 4.44 Å². The van der Waals surface area contributed by atoms with E-state index in [4.69, 9.17) is 0 Å². The predicted octanol–water partition coefficient (Wildman–Crippen LogP) is 2.83. The van der Waals surface area contributed by atoms with Crippen molar-refractivity contribution in [3.05, 3.63) is 0 Å². The highest BCUT2D eigenvalue weighted by atomic mass is 128. The lowest BCUT2D eigenvalue weighted by Crippen LogP contribution is -3.02. The fourth-order valence-electron chi connectivity index (χ4n) is 0. The SMILES string of the molecule is C.C.CC.C[NH+](C)C.II. The second-order valence-corrected chi connectivity index (χ2v) is 1.50. The average molecular weight is 376 g/mol. The van der Waals surface area contributed by atoms with Gasteiger partial charge < -0.3 is 4.90 Å². The molecule has 0 heterocycles. The van der Waals surface area contributed by atoms with Crippen LogP contribution < -0.4 is 4.90 Å². The van der Waals surface area contributed by atoms with E-state index in [1.807, 2.05) is 13.8 Å². The van der Waals surface area contributed by atoms with Crippen molar-refractivity contribution in [3.8, 4) is 0 Å². The van der Waals surface area contributed by atoms with E-state index in [9.17, 15) is 0 Å². The van der Waals surface area contributed by atoms with Crippen molar-refractivity contribution in [2.45, 2.75) is 28.7 Å². The number of hydrogen-bond donors (Lipinski definition) is 1. The molecule has 1 nitrogen and oxygen atoms in total. The molecular formula is C7H24I2N+. The summed E-state index contributed by atoms with van der Waals surface area (Å²) in [5.41, 5.74) is 0. The van der Waals surface area contributed by atoms with Crippen LogP contribution in [0.3, 0.4) is 0 Å². The van der Waals surface area contributed by atoms with Crippen LogP contribution in [0, 0.1) is 0 Å². The molecule has 0 aliphatic heterocycles. The molecule has 0 atom stereocenters. The zero-order chi connectivity index (χ0) is 7.58. The summed E-state index contributed by atoms with van der Waals surface area (Å²) < 4.78 is 0. The summed E-state index contributed by atoms with van der Waals surface area (Å²) in [7, 11) is 6.25. The zero-order valence-corrected chi connectivity index (χ0v) is 10.6. The van der Waals surface area contributed by atoms with Gasteiger partial charge in [-0.1, -0.05) is 28.7 Å². The fraction of sp³-hybridized carbons (Fsp3) is 1.00. The van der Waals surface area contributed by atoms with Crippen molar-refractivity contribution in [3.63, 3.8) is 0 Å². The standard InChI is InChI=1S/C3H9N.C2H6.2CH4.I2/c1-4(2)3;1-2;;;1-2/h1-3H3;1-2H3;2*1H4;/p+1. The van der Waals surface area contributed by atoms with E-state index >= 15 is 0 Å². The molecule has 0 aromatic rings. The molecule has 0 rings (SSSR count). The molecule has 0 unspecified atom stereocenters. The third-order valence-electron chi connectivity index (χ3n) is 0. The first-order valence-electron chi connectivity index (χ1n) is 2.64. The fourth-order valence-corrected chi connectivity index (χ4v) is 0. The minimum atomic E-state index is 0. The van der Waals surface area contributed by atoms with Crippen LogP contribution in [-0.4, -0.2) is 21.1 Å². The van der Waals surface area contributed by atoms with Crippen LogP contribution in [0.25, 0.3) is 0 Å². The van der Waals surface area contributed by atoms with E-state index in [0.717, 1.165) is 0 Å². The van der Waals surface area contributed by atoms with Crippen LogP contribution in [0.15, 0.2) is 0 Å². The summed E-state index contributed by atoms with van der Waals surface area (Å²) in [6.07, 6.45) is 0. The minimum absolute atomic E-state index is 0. The lowest BCUT2D eigenvalue weighted by molar-refractivity contribution is -0.836. The molecule has 0 spiro atoms. The number of quaternary nitrogens is 1. The summed E-state index contributed by atoms with van der Waals surface area (Å²) in [5.74, 6) is 0. The molecule has 0 aromatic heterocycles. The Bertz CT molecular complexity index is 16.3. The Kier molecular flexibility index (Phi) is 142. The van der Waals surface area contributed by atoms with Gasteiger partial charge in [0.1, 0.15) is 0 Å². The van der Waals surface area contributed by atoms with Crippen molar-refractivity contribution >= 4 is 37.2 Å². The summed E-state index contributed by atoms with van der Waals surface area (Å²) in [6, 6.07) is 0. The molecule has 70 valence electrons. The second-order valence-electron chi connectivity index (χ2n) is 1.50. The molecule has 3 heteroatoms. The predicted molar refractivity (Wildman–Crippen MR) is 71.6 cm³/mol. The van der Waals surface area contributed by atoms with E-state index in [0.29, 0.717) is 0 Å². The molecule has 0 fully saturated rings. The van der Waals surface area contributed by atoms with Gasteiger partial charge >= 0.3 is 0 Å². The Morgan fingerprint density at radius 3 is 0.800 bits per heavy atom. The van der Waals surface area contributed by atoms with Crippen molar-refractivity contribution in [2.24, 2.45) is 0 Å². The third-order valence-corrected chi connectivity index (χ3v) is 0. The molecule has 0 radical (unpaired) electrons. The highest BCUT2D eigenvalue weighted by Gasteiger charge is 1.61. The molecule has 0 bridgehead atoms.